The van der Waals surface area contributed by atoms with E-state index in [1.807, 2.05) is 0 Å². The molecule has 2 bridgehead atoms. The highest BCUT2D eigenvalue weighted by Gasteiger charge is 2.50. The maximum absolute atomic E-state index is 11.8. The highest BCUT2D eigenvalue weighted by molar-refractivity contribution is 5.90. The van der Waals surface area contributed by atoms with Crippen LogP contribution in [0.3, 0.4) is 0 Å². The number of carboxylic acid groups (broad SMARTS) is 1. The van der Waals surface area contributed by atoms with Gasteiger partial charge in [-0.25, -0.2) is 0 Å². The lowest BCUT2D eigenvalue weighted by Gasteiger charge is -2.47. The minimum Gasteiger partial charge on any atom is -0.481 e. The van der Waals surface area contributed by atoms with Gasteiger partial charge in [0.15, 0.2) is 0 Å². The van der Waals surface area contributed by atoms with Gasteiger partial charge in [0.1, 0.15) is 12.0 Å². The van der Waals surface area contributed by atoms with E-state index >= 15 is 0 Å². The van der Waals surface area contributed by atoms with Crippen molar-refractivity contribution in [2.24, 2.45) is 17.8 Å². The summed E-state index contributed by atoms with van der Waals surface area (Å²) >= 11 is 0. The van der Waals surface area contributed by atoms with Crippen LogP contribution in [-0.4, -0.2) is 22.6 Å². The van der Waals surface area contributed by atoms with E-state index < -0.39 is 18.4 Å². The van der Waals surface area contributed by atoms with E-state index in [1.54, 1.807) is 0 Å². The number of fused-ring (bicyclic) bond motifs is 2. The van der Waals surface area contributed by atoms with Crippen molar-refractivity contribution in [3.8, 4) is 0 Å². The van der Waals surface area contributed by atoms with E-state index in [2.05, 4.69) is 12.2 Å². The third-order valence-electron chi connectivity index (χ3n) is 5.31. The third-order valence-corrected chi connectivity index (χ3v) is 5.31. The Morgan fingerprint density at radius 1 is 1.20 bits per heavy atom. The first-order valence-electron chi connectivity index (χ1n) is 7.71. The SMILES string of the molecule is O=C(O)CC(=O)OC1(C2CC3C=CC2CC3)CCCC1. The van der Waals surface area contributed by atoms with Crippen LogP contribution in [0.25, 0.3) is 0 Å². The summed E-state index contributed by atoms with van der Waals surface area (Å²) in [6.07, 6.45) is 11.6. The van der Waals surface area contributed by atoms with Gasteiger partial charge in [-0.15, -0.1) is 0 Å². The van der Waals surface area contributed by atoms with E-state index in [4.69, 9.17) is 9.84 Å². The predicted molar refractivity (Wildman–Crippen MR) is 73.0 cm³/mol. The molecular formula is C16H22O4. The first-order chi connectivity index (χ1) is 9.59. The number of hydrogen-bond donors (Lipinski definition) is 1. The van der Waals surface area contributed by atoms with E-state index in [-0.39, 0.29) is 5.60 Å². The Kier molecular flexibility index (Phi) is 3.57. The summed E-state index contributed by atoms with van der Waals surface area (Å²) in [5.41, 5.74) is -0.388. The quantitative estimate of drug-likeness (QED) is 0.488. The fraction of sp³-hybridized carbons (Fsp3) is 0.750. The molecule has 110 valence electrons. The standard InChI is InChI=1S/C16H22O4/c17-14(18)10-15(19)20-16(7-1-2-8-16)13-9-11-3-5-12(13)6-4-11/h3,5,11-13H,1-2,4,6-10H2,(H,17,18). The van der Waals surface area contributed by atoms with Crippen molar-refractivity contribution >= 4 is 11.9 Å². The number of carbonyl (C=O) groups excluding carboxylic acids is 1. The van der Waals surface area contributed by atoms with Gasteiger partial charge in [0.2, 0.25) is 0 Å². The lowest BCUT2D eigenvalue weighted by Crippen LogP contribution is -2.47. The molecule has 0 amide bonds. The summed E-state index contributed by atoms with van der Waals surface area (Å²) < 4.78 is 5.75. The molecule has 4 nitrogen and oxygen atoms in total. The molecule has 4 rings (SSSR count). The van der Waals surface area contributed by atoms with Crippen LogP contribution in [0.4, 0.5) is 0 Å². The van der Waals surface area contributed by atoms with Crippen LogP contribution in [0.15, 0.2) is 12.2 Å². The van der Waals surface area contributed by atoms with Gasteiger partial charge in [-0.3, -0.25) is 9.59 Å². The molecule has 2 saturated carbocycles. The van der Waals surface area contributed by atoms with Crippen molar-refractivity contribution in [2.75, 3.05) is 0 Å². The number of allylic oxidation sites excluding steroid dienone is 2. The summed E-state index contributed by atoms with van der Waals surface area (Å²) in [6, 6.07) is 0. The molecule has 0 aliphatic heterocycles. The molecule has 0 aromatic rings. The maximum atomic E-state index is 11.8. The van der Waals surface area contributed by atoms with Gasteiger partial charge >= 0.3 is 11.9 Å². The van der Waals surface area contributed by atoms with Crippen molar-refractivity contribution in [1.29, 1.82) is 0 Å². The largest absolute Gasteiger partial charge is 0.481 e. The molecule has 3 atom stereocenters. The van der Waals surface area contributed by atoms with Crippen molar-refractivity contribution in [2.45, 2.75) is 57.0 Å². The van der Waals surface area contributed by atoms with Crippen LogP contribution in [0.5, 0.6) is 0 Å². The van der Waals surface area contributed by atoms with Crippen LogP contribution in [0, 0.1) is 17.8 Å². The Labute approximate surface area is 119 Å². The van der Waals surface area contributed by atoms with Gasteiger partial charge < -0.3 is 9.84 Å². The zero-order valence-electron chi connectivity index (χ0n) is 11.7. The van der Waals surface area contributed by atoms with Gasteiger partial charge in [0.25, 0.3) is 0 Å². The van der Waals surface area contributed by atoms with E-state index in [0.717, 1.165) is 32.1 Å². The number of hydrogen-bond acceptors (Lipinski definition) is 3. The molecule has 4 aliphatic carbocycles. The Bertz CT molecular complexity index is 434. The number of rotatable bonds is 4. The fourth-order valence-corrected chi connectivity index (χ4v) is 4.44. The molecule has 2 fully saturated rings. The van der Waals surface area contributed by atoms with Gasteiger partial charge in [-0.05, 0) is 56.8 Å². The minimum atomic E-state index is -1.10. The summed E-state index contributed by atoms with van der Waals surface area (Å²) in [5.74, 6) is -0.138. The van der Waals surface area contributed by atoms with Crippen LogP contribution >= 0.6 is 0 Å². The predicted octanol–water partition coefficient (Wildman–Crippen LogP) is 2.92. The van der Waals surface area contributed by atoms with Gasteiger partial charge in [-0.2, -0.15) is 0 Å². The molecular weight excluding hydrogens is 256 g/mol. The second-order valence-electron chi connectivity index (χ2n) is 6.54. The van der Waals surface area contributed by atoms with Crippen LogP contribution in [-0.2, 0) is 14.3 Å². The van der Waals surface area contributed by atoms with Crippen molar-refractivity contribution in [3.63, 3.8) is 0 Å². The molecule has 0 aromatic carbocycles. The van der Waals surface area contributed by atoms with E-state index in [1.165, 1.54) is 12.8 Å². The molecule has 0 heterocycles. The van der Waals surface area contributed by atoms with Crippen LogP contribution < -0.4 is 0 Å². The zero-order chi connectivity index (χ0) is 14.2. The topological polar surface area (TPSA) is 63.6 Å². The molecule has 1 N–H and O–H groups in total. The number of esters is 1. The first-order valence-corrected chi connectivity index (χ1v) is 7.71. The molecule has 0 spiro atoms. The van der Waals surface area contributed by atoms with Crippen molar-refractivity contribution in [3.05, 3.63) is 12.2 Å². The Hall–Kier alpha value is -1.32. The highest BCUT2D eigenvalue weighted by Crippen LogP contribution is 2.52. The third kappa shape index (κ3) is 2.48. The molecule has 0 aromatic heterocycles. The van der Waals surface area contributed by atoms with Gasteiger partial charge in [-0.1, -0.05) is 12.2 Å². The number of ether oxygens (including phenoxy) is 1. The maximum Gasteiger partial charge on any atom is 0.317 e. The molecule has 0 radical (unpaired) electrons. The second-order valence-corrected chi connectivity index (χ2v) is 6.54. The Morgan fingerprint density at radius 3 is 2.45 bits per heavy atom. The van der Waals surface area contributed by atoms with E-state index in [9.17, 15) is 9.59 Å². The summed E-state index contributed by atoms with van der Waals surface area (Å²) in [6.45, 7) is 0. The second kappa shape index (κ2) is 5.23. The minimum absolute atomic E-state index is 0.388. The average Bonchev–Trinajstić information content (AvgIpc) is 2.88. The van der Waals surface area contributed by atoms with Gasteiger partial charge in [0.05, 0.1) is 0 Å². The number of carboxylic acids is 1. The molecule has 4 heteroatoms. The normalized spacial score (nSPS) is 34.1. The fourth-order valence-electron chi connectivity index (χ4n) is 4.44. The first kappa shape index (κ1) is 13.7. The summed E-state index contributed by atoms with van der Waals surface area (Å²) in [5, 5.41) is 8.75. The zero-order valence-corrected chi connectivity index (χ0v) is 11.7. The van der Waals surface area contributed by atoms with Crippen LogP contribution in [0.1, 0.15) is 51.4 Å². The summed E-state index contributed by atoms with van der Waals surface area (Å²) in [4.78, 5) is 22.5. The summed E-state index contributed by atoms with van der Waals surface area (Å²) in [7, 11) is 0. The number of carbonyl (C=O) groups is 2. The highest BCUT2D eigenvalue weighted by atomic mass is 16.6. The smallest absolute Gasteiger partial charge is 0.317 e. The molecule has 0 saturated heterocycles. The number of aliphatic carboxylic acids is 1. The monoisotopic (exact) mass is 278 g/mol. The Morgan fingerprint density at radius 2 is 1.95 bits per heavy atom. The van der Waals surface area contributed by atoms with E-state index in [0.29, 0.717) is 17.8 Å². The average molecular weight is 278 g/mol. The van der Waals surface area contributed by atoms with Gasteiger partial charge in [0, 0.05) is 5.92 Å². The molecule has 3 unspecified atom stereocenters. The lowest BCUT2D eigenvalue weighted by atomic mass is 9.62. The molecule has 20 heavy (non-hydrogen) atoms. The lowest BCUT2D eigenvalue weighted by molar-refractivity contribution is -0.173. The van der Waals surface area contributed by atoms with Crippen molar-refractivity contribution in [1.82, 2.24) is 0 Å². The van der Waals surface area contributed by atoms with Crippen LogP contribution in [0.2, 0.25) is 0 Å². The Balaban J connectivity index is 1.76. The molecule has 4 aliphatic rings. The van der Waals surface area contributed by atoms with Crippen molar-refractivity contribution < 1.29 is 19.4 Å².